The van der Waals surface area contributed by atoms with Crippen LogP contribution in [0.3, 0.4) is 0 Å². The maximum Gasteiger partial charge on any atom is 0.319 e. The summed E-state index contributed by atoms with van der Waals surface area (Å²) < 4.78 is 1.57. The lowest BCUT2D eigenvalue weighted by molar-refractivity contribution is 0.0604. The number of carbonyl (C=O) groups excluding carboxylic acids is 1. The number of urea groups is 1. The molecule has 0 spiro atoms. The summed E-state index contributed by atoms with van der Waals surface area (Å²) in [5.41, 5.74) is 0.194. The van der Waals surface area contributed by atoms with E-state index >= 15 is 0 Å². The molecule has 0 aliphatic heterocycles. The second-order valence-electron chi connectivity index (χ2n) is 5.46. The van der Waals surface area contributed by atoms with Crippen LogP contribution in [0.4, 0.5) is 10.5 Å². The number of hydrogen-bond donors (Lipinski definition) is 3. The lowest BCUT2D eigenvalue weighted by Gasteiger charge is -2.22. The Kier molecular flexibility index (Phi) is 4.59. The zero-order valence-corrected chi connectivity index (χ0v) is 13.8. The van der Waals surface area contributed by atoms with Gasteiger partial charge >= 0.3 is 6.03 Å². The van der Waals surface area contributed by atoms with E-state index in [2.05, 4.69) is 20.7 Å². The van der Waals surface area contributed by atoms with Gasteiger partial charge in [-0.2, -0.15) is 16.4 Å². The summed E-state index contributed by atoms with van der Waals surface area (Å²) in [6, 6.07) is 6.91. The Morgan fingerprint density at radius 1 is 1.42 bits per heavy atom. The van der Waals surface area contributed by atoms with Crippen molar-refractivity contribution in [3.63, 3.8) is 0 Å². The molecule has 3 heterocycles. The van der Waals surface area contributed by atoms with Crippen LogP contribution in [-0.4, -0.2) is 32.4 Å². The summed E-state index contributed by atoms with van der Waals surface area (Å²) in [6.07, 6.45) is 4.87. The summed E-state index contributed by atoms with van der Waals surface area (Å²) in [4.78, 5) is 16.2. The SMILES string of the molecule is CC(O)(CNC(=O)Nc1cnn(-c2ccccn2)c1)c1ccsc1. The molecule has 0 saturated carbocycles. The zero-order chi connectivity index (χ0) is 17.0. The number of thiophene rings is 1. The van der Waals surface area contributed by atoms with Crippen LogP contribution in [0, 0.1) is 0 Å². The van der Waals surface area contributed by atoms with E-state index in [0.29, 0.717) is 11.5 Å². The Bertz CT molecular complexity index is 799. The number of pyridine rings is 1. The van der Waals surface area contributed by atoms with Gasteiger partial charge in [-0.3, -0.25) is 0 Å². The van der Waals surface area contributed by atoms with Crippen molar-refractivity contribution in [3.05, 3.63) is 59.2 Å². The average molecular weight is 343 g/mol. The van der Waals surface area contributed by atoms with E-state index in [1.807, 2.05) is 35.0 Å². The van der Waals surface area contributed by atoms with E-state index in [1.54, 1.807) is 24.0 Å². The van der Waals surface area contributed by atoms with Gasteiger partial charge in [0.2, 0.25) is 0 Å². The first-order valence-corrected chi connectivity index (χ1v) is 8.25. The molecule has 0 bridgehead atoms. The van der Waals surface area contributed by atoms with E-state index in [-0.39, 0.29) is 6.54 Å². The van der Waals surface area contributed by atoms with Gasteiger partial charge in [-0.15, -0.1) is 0 Å². The molecule has 0 aromatic carbocycles. The molecule has 1 atom stereocenters. The summed E-state index contributed by atoms with van der Waals surface area (Å²) >= 11 is 1.50. The number of nitrogens with zero attached hydrogens (tertiary/aromatic N) is 3. The predicted molar refractivity (Wildman–Crippen MR) is 92.3 cm³/mol. The quantitative estimate of drug-likeness (QED) is 0.663. The smallest absolute Gasteiger partial charge is 0.319 e. The van der Waals surface area contributed by atoms with Crippen LogP contribution < -0.4 is 10.6 Å². The monoisotopic (exact) mass is 343 g/mol. The third-order valence-electron chi connectivity index (χ3n) is 3.46. The molecule has 0 saturated heterocycles. The number of amides is 2. The van der Waals surface area contributed by atoms with E-state index in [4.69, 9.17) is 0 Å². The first kappa shape index (κ1) is 16.2. The minimum Gasteiger partial charge on any atom is -0.384 e. The Labute approximate surface area is 143 Å². The number of carbonyl (C=O) groups is 1. The number of aromatic nitrogens is 3. The molecule has 3 aromatic heterocycles. The molecule has 124 valence electrons. The minimum atomic E-state index is -1.12. The maximum absolute atomic E-state index is 12.0. The molecule has 0 aliphatic rings. The van der Waals surface area contributed by atoms with Gasteiger partial charge in [-0.05, 0) is 41.4 Å². The van der Waals surface area contributed by atoms with Crippen molar-refractivity contribution in [2.75, 3.05) is 11.9 Å². The van der Waals surface area contributed by atoms with Crippen LogP contribution in [0.2, 0.25) is 0 Å². The van der Waals surface area contributed by atoms with Gasteiger partial charge in [-0.25, -0.2) is 14.5 Å². The molecular weight excluding hydrogens is 326 g/mol. The van der Waals surface area contributed by atoms with Gasteiger partial charge in [0.1, 0.15) is 5.60 Å². The topological polar surface area (TPSA) is 92.1 Å². The van der Waals surface area contributed by atoms with Crippen molar-refractivity contribution in [2.45, 2.75) is 12.5 Å². The third-order valence-corrected chi connectivity index (χ3v) is 4.14. The molecule has 3 N–H and O–H groups in total. The van der Waals surface area contributed by atoms with Crippen molar-refractivity contribution >= 4 is 23.1 Å². The average Bonchev–Trinajstić information content (AvgIpc) is 3.26. The van der Waals surface area contributed by atoms with Gasteiger partial charge in [0.05, 0.1) is 24.6 Å². The standard InChI is InChI=1S/C16H17N5O2S/c1-16(23,12-5-7-24-10-12)11-18-15(22)20-13-8-19-21(9-13)14-4-2-3-6-17-14/h2-10,23H,11H2,1H3,(H2,18,20,22). The molecule has 1 unspecified atom stereocenters. The van der Waals surface area contributed by atoms with Crippen LogP contribution in [0.15, 0.2) is 53.6 Å². The number of rotatable bonds is 5. The molecule has 2 amide bonds. The summed E-state index contributed by atoms with van der Waals surface area (Å²) in [5, 5.41) is 23.6. The molecule has 3 rings (SSSR count). The highest BCUT2D eigenvalue weighted by Crippen LogP contribution is 2.22. The lowest BCUT2D eigenvalue weighted by atomic mass is 9.99. The number of nitrogens with one attached hydrogen (secondary N) is 2. The Morgan fingerprint density at radius 2 is 2.29 bits per heavy atom. The van der Waals surface area contributed by atoms with Crippen LogP contribution in [0.25, 0.3) is 5.82 Å². The van der Waals surface area contributed by atoms with E-state index in [9.17, 15) is 9.90 Å². The maximum atomic E-state index is 12.0. The van der Waals surface area contributed by atoms with Crippen molar-refractivity contribution in [1.82, 2.24) is 20.1 Å². The van der Waals surface area contributed by atoms with Crippen molar-refractivity contribution in [1.29, 1.82) is 0 Å². The van der Waals surface area contributed by atoms with Crippen molar-refractivity contribution in [3.8, 4) is 5.82 Å². The van der Waals surface area contributed by atoms with Crippen molar-refractivity contribution in [2.24, 2.45) is 0 Å². The lowest BCUT2D eigenvalue weighted by Crippen LogP contribution is -2.40. The highest BCUT2D eigenvalue weighted by Gasteiger charge is 2.24. The summed E-state index contributed by atoms with van der Waals surface area (Å²) in [7, 11) is 0. The number of anilines is 1. The largest absolute Gasteiger partial charge is 0.384 e. The Hall–Kier alpha value is -2.71. The second-order valence-corrected chi connectivity index (χ2v) is 6.24. The Balaban J connectivity index is 1.57. The van der Waals surface area contributed by atoms with Crippen LogP contribution in [0.1, 0.15) is 12.5 Å². The van der Waals surface area contributed by atoms with Crippen LogP contribution in [-0.2, 0) is 5.60 Å². The van der Waals surface area contributed by atoms with Gasteiger partial charge in [0.25, 0.3) is 0 Å². The molecular formula is C16H17N5O2S. The van der Waals surface area contributed by atoms with Crippen LogP contribution >= 0.6 is 11.3 Å². The first-order valence-electron chi connectivity index (χ1n) is 7.30. The highest BCUT2D eigenvalue weighted by atomic mass is 32.1. The minimum absolute atomic E-state index is 0.101. The fraction of sp³-hybridized carbons (Fsp3) is 0.188. The first-order chi connectivity index (χ1) is 11.5. The molecule has 0 fully saturated rings. The molecule has 7 nitrogen and oxygen atoms in total. The molecule has 3 aromatic rings. The number of aliphatic hydroxyl groups is 1. The van der Waals surface area contributed by atoms with E-state index in [1.165, 1.54) is 17.5 Å². The summed E-state index contributed by atoms with van der Waals surface area (Å²) in [6.45, 7) is 1.76. The summed E-state index contributed by atoms with van der Waals surface area (Å²) in [5.74, 6) is 0.659. The zero-order valence-electron chi connectivity index (χ0n) is 13.0. The molecule has 0 radical (unpaired) electrons. The molecule has 24 heavy (non-hydrogen) atoms. The van der Waals surface area contributed by atoms with E-state index < -0.39 is 11.6 Å². The van der Waals surface area contributed by atoms with Gasteiger partial charge in [0, 0.05) is 6.20 Å². The number of hydrogen-bond acceptors (Lipinski definition) is 5. The van der Waals surface area contributed by atoms with Gasteiger partial charge < -0.3 is 15.7 Å². The van der Waals surface area contributed by atoms with Gasteiger partial charge in [0.15, 0.2) is 5.82 Å². The highest BCUT2D eigenvalue weighted by molar-refractivity contribution is 7.08. The second kappa shape index (κ2) is 6.81. The third kappa shape index (κ3) is 3.79. The molecule has 0 aliphatic carbocycles. The predicted octanol–water partition coefficient (Wildman–Crippen LogP) is 2.36. The van der Waals surface area contributed by atoms with Gasteiger partial charge in [-0.1, -0.05) is 6.07 Å². The molecule has 8 heteroatoms. The van der Waals surface area contributed by atoms with Crippen LogP contribution in [0.5, 0.6) is 0 Å². The van der Waals surface area contributed by atoms with E-state index in [0.717, 1.165) is 5.56 Å². The van der Waals surface area contributed by atoms with Crippen molar-refractivity contribution < 1.29 is 9.90 Å². The fourth-order valence-electron chi connectivity index (χ4n) is 2.10. The Morgan fingerprint density at radius 3 is 3.00 bits per heavy atom. The normalized spacial score (nSPS) is 13.2. The fourth-order valence-corrected chi connectivity index (χ4v) is 2.89.